The molecule has 2 heterocycles. The van der Waals surface area contributed by atoms with Gasteiger partial charge in [-0.3, -0.25) is 14.2 Å². The molecule has 7 heteroatoms. The average Bonchev–Trinajstić information content (AvgIpc) is 2.71. The summed E-state index contributed by atoms with van der Waals surface area (Å²) >= 11 is 0. The fraction of sp³-hybridized carbons (Fsp3) is 0.300. The molecule has 0 radical (unpaired) electrons. The number of hydrogen-bond donors (Lipinski definition) is 1. The zero-order chi connectivity index (χ0) is 19.1. The highest BCUT2D eigenvalue weighted by Gasteiger charge is 2.09. The standard InChI is InChI=1S/C20H22N4O3/c1-2-12-27-19-15(6-5-10-21-19)13-22-18(25)9-11-24-14-23-17-8-4-3-7-16(17)20(24)26/h3-8,10,14H,2,9,11-13H2,1H3,(H,22,25). The van der Waals surface area contributed by atoms with Crippen molar-refractivity contribution in [3.05, 3.63) is 64.8 Å². The second kappa shape index (κ2) is 8.93. The summed E-state index contributed by atoms with van der Waals surface area (Å²) in [5.74, 6) is 0.384. The van der Waals surface area contributed by atoms with Gasteiger partial charge in [-0.05, 0) is 24.6 Å². The van der Waals surface area contributed by atoms with Crippen molar-refractivity contribution in [2.75, 3.05) is 6.61 Å². The van der Waals surface area contributed by atoms with Crippen LogP contribution in [0.5, 0.6) is 5.88 Å². The van der Waals surface area contributed by atoms with Crippen LogP contribution in [0.1, 0.15) is 25.3 Å². The molecule has 0 unspecified atom stereocenters. The second-order valence-corrected chi connectivity index (χ2v) is 6.10. The van der Waals surface area contributed by atoms with Gasteiger partial charge in [0.05, 0.1) is 23.8 Å². The van der Waals surface area contributed by atoms with Crippen LogP contribution in [0.15, 0.2) is 53.7 Å². The van der Waals surface area contributed by atoms with E-state index >= 15 is 0 Å². The number of fused-ring (bicyclic) bond motifs is 1. The maximum absolute atomic E-state index is 12.4. The number of hydrogen-bond acceptors (Lipinski definition) is 5. The average molecular weight is 366 g/mol. The summed E-state index contributed by atoms with van der Waals surface area (Å²) in [6.07, 6.45) is 4.22. The number of aryl methyl sites for hydroxylation is 1. The van der Waals surface area contributed by atoms with Crippen molar-refractivity contribution in [3.63, 3.8) is 0 Å². The summed E-state index contributed by atoms with van der Waals surface area (Å²) in [6, 6.07) is 10.8. The van der Waals surface area contributed by atoms with Crippen molar-refractivity contribution in [2.45, 2.75) is 32.9 Å². The van der Waals surface area contributed by atoms with Gasteiger partial charge in [-0.15, -0.1) is 0 Å². The van der Waals surface area contributed by atoms with Crippen molar-refractivity contribution >= 4 is 16.8 Å². The summed E-state index contributed by atoms with van der Waals surface area (Å²) in [6.45, 7) is 3.20. The van der Waals surface area contributed by atoms with Crippen LogP contribution in [0.2, 0.25) is 0 Å². The number of amides is 1. The van der Waals surface area contributed by atoms with E-state index in [1.54, 1.807) is 30.5 Å². The summed E-state index contributed by atoms with van der Waals surface area (Å²) < 4.78 is 7.05. The number of carbonyl (C=O) groups is 1. The number of ether oxygens (including phenoxy) is 1. The van der Waals surface area contributed by atoms with Gasteiger partial charge in [0.15, 0.2) is 0 Å². The van der Waals surface area contributed by atoms with Crippen molar-refractivity contribution < 1.29 is 9.53 Å². The molecule has 27 heavy (non-hydrogen) atoms. The molecule has 7 nitrogen and oxygen atoms in total. The summed E-state index contributed by atoms with van der Waals surface area (Å²) in [7, 11) is 0. The Morgan fingerprint density at radius 2 is 2.04 bits per heavy atom. The minimum atomic E-state index is -0.152. The van der Waals surface area contributed by atoms with E-state index in [0.717, 1.165) is 12.0 Å². The van der Waals surface area contributed by atoms with Crippen LogP contribution in [0.3, 0.4) is 0 Å². The van der Waals surface area contributed by atoms with E-state index in [4.69, 9.17) is 4.74 Å². The van der Waals surface area contributed by atoms with Crippen LogP contribution in [-0.2, 0) is 17.9 Å². The van der Waals surface area contributed by atoms with Crippen molar-refractivity contribution in [1.82, 2.24) is 19.9 Å². The Morgan fingerprint density at radius 3 is 2.89 bits per heavy atom. The molecule has 3 rings (SSSR count). The lowest BCUT2D eigenvalue weighted by atomic mass is 10.2. The van der Waals surface area contributed by atoms with E-state index in [0.29, 0.717) is 29.9 Å². The lowest BCUT2D eigenvalue weighted by molar-refractivity contribution is -0.121. The van der Waals surface area contributed by atoms with Crippen LogP contribution in [0.25, 0.3) is 10.9 Å². The number of pyridine rings is 1. The van der Waals surface area contributed by atoms with Gasteiger partial charge in [0.2, 0.25) is 11.8 Å². The number of nitrogens with zero attached hydrogens (tertiary/aromatic N) is 3. The molecular formula is C20H22N4O3. The molecule has 0 bridgehead atoms. The fourth-order valence-corrected chi connectivity index (χ4v) is 2.66. The first-order valence-corrected chi connectivity index (χ1v) is 8.96. The molecule has 140 valence electrons. The smallest absolute Gasteiger partial charge is 0.261 e. The van der Waals surface area contributed by atoms with Gasteiger partial charge in [-0.25, -0.2) is 9.97 Å². The van der Waals surface area contributed by atoms with Crippen molar-refractivity contribution in [2.24, 2.45) is 0 Å². The maximum Gasteiger partial charge on any atom is 0.261 e. The van der Waals surface area contributed by atoms with Gasteiger partial charge in [-0.2, -0.15) is 0 Å². The number of benzene rings is 1. The molecular weight excluding hydrogens is 344 g/mol. The van der Waals surface area contributed by atoms with Gasteiger partial charge >= 0.3 is 0 Å². The van der Waals surface area contributed by atoms with E-state index in [-0.39, 0.29) is 24.4 Å². The Morgan fingerprint density at radius 1 is 1.19 bits per heavy atom. The second-order valence-electron chi connectivity index (χ2n) is 6.10. The number of carbonyl (C=O) groups excluding carboxylic acids is 1. The van der Waals surface area contributed by atoms with Crippen molar-refractivity contribution in [3.8, 4) is 5.88 Å². The molecule has 0 spiro atoms. The molecule has 0 aliphatic heterocycles. The Kier molecular flexibility index (Phi) is 6.14. The first-order chi connectivity index (χ1) is 13.2. The van der Waals surface area contributed by atoms with Gasteiger partial charge in [0.25, 0.3) is 5.56 Å². The van der Waals surface area contributed by atoms with E-state index in [9.17, 15) is 9.59 Å². The van der Waals surface area contributed by atoms with Crippen LogP contribution >= 0.6 is 0 Å². The van der Waals surface area contributed by atoms with Crippen LogP contribution in [0, 0.1) is 0 Å². The first kappa shape index (κ1) is 18.6. The highest BCUT2D eigenvalue weighted by atomic mass is 16.5. The zero-order valence-electron chi connectivity index (χ0n) is 15.2. The van der Waals surface area contributed by atoms with Gasteiger partial charge in [0.1, 0.15) is 0 Å². The zero-order valence-corrected chi connectivity index (χ0v) is 15.2. The van der Waals surface area contributed by atoms with E-state index in [2.05, 4.69) is 15.3 Å². The molecule has 2 aromatic heterocycles. The molecule has 0 saturated heterocycles. The van der Waals surface area contributed by atoms with E-state index in [1.807, 2.05) is 19.1 Å². The third-order valence-electron chi connectivity index (χ3n) is 4.08. The maximum atomic E-state index is 12.4. The molecule has 0 atom stereocenters. The van der Waals surface area contributed by atoms with E-state index in [1.165, 1.54) is 10.9 Å². The fourth-order valence-electron chi connectivity index (χ4n) is 2.66. The molecule has 0 fully saturated rings. The molecule has 0 saturated carbocycles. The highest BCUT2D eigenvalue weighted by Crippen LogP contribution is 2.14. The normalized spacial score (nSPS) is 10.7. The van der Waals surface area contributed by atoms with Crippen molar-refractivity contribution in [1.29, 1.82) is 0 Å². The van der Waals surface area contributed by atoms with Gasteiger partial charge < -0.3 is 10.1 Å². The van der Waals surface area contributed by atoms with Crippen LogP contribution in [0.4, 0.5) is 0 Å². The quantitative estimate of drug-likeness (QED) is 0.661. The Bertz CT molecular complexity index is 984. The van der Waals surface area contributed by atoms with Crippen LogP contribution < -0.4 is 15.6 Å². The highest BCUT2D eigenvalue weighted by molar-refractivity contribution is 5.77. The first-order valence-electron chi connectivity index (χ1n) is 8.96. The lowest BCUT2D eigenvalue weighted by Gasteiger charge is -2.11. The number of aromatic nitrogens is 3. The van der Waals surface area contributed by atoms with E-state index < -0.39 is 0 Å². The molecule has 0 aliphatic rings. The lowest BCUT2D eigenvalue weighted by Crippen LogP contribution is -2.27. The molecule has 1 N–H and O–H groups in total. The Hall–Kier alpha value is -3.22. The SMILES string of the molecule is CCCOc1ncccc1CNC(=O)CCn1cnc2ccccc2c1=O. The topological polar surface area (TPSA) is 86.1 Å². The summed E-state index contributed by atoms with van der Waals surface area (Å²) in [4.78, 5) is 33.1. The third kappa shape index (κ3) is 4.69. The van der Waals surface area contributed by atoms with Gasteiger partial charge in [0, 0.05) is 31.3 Å². The van der Waals surface area contributed by atoms with Gasteiger partial charge in [-0.1, -0.05) is 25.1 Å². The summed E-state index contributed by atoms with van der Waals surface area (Å²) in [5.41, 5.74) is 1.33. The monoisotopic (exact) mass is 366 g/mol. The predicted molar refractivity (Wildman–Crippen MR) is 102 cm³/mol. The minimum Gasteiger partial charge on any atom is -0.477 e. The molecule has 1 aromatic carbocycles. The minimum absolute atomic E-state index is 0.143. The molecule has 3 aromatic rings. The number of para-hydroxylation sites is 1. The summed E-state index contributed by atoms with van der Waals surface area (Å²) in [5, 5.41) is 3.40. The largest absolute Gasteiger partial charge is 0.477 e. The van der Waals surface area contributed by atoms with Crippen LogP contribution in [-0.4, -0.2) is 27.0 Å². The number of nitrogens with one attached hydrogen (secondary N) is 1. The third-order valence-corrected chi connectivity index (χ3v) is 4.08. The Labute approximate surface area is 157 Å². The molecule has 1 amide bonds. The predicted octanol–water partition coefficient (Wildman–Crippen LogP) is 2.29. The Balaban J connectivity index is 1.58. The molecule has 0 aliphatic carbocycles. The number of rotatable bonds is 8.